The normalized spacial score (nSPS) is 12.3. The van der Waals surface area contributed by atoms with Gasteiger partial charge in [0.2, 0.25) is 0 Å². The van der Waals surface area contributed by atoms with E-state index in [-0.39, 0.29) is 18.3 Å². The summed E-state index contributed by atoms with van der Waals surface area (Å²) in [6.07, 6.45) is 0.731. The molecule has 0 aliphatic heterocycles. The van der Waals surface area contributed by atoms with Crippen LogP contribution in [0.4, 0.5) is 0 Å². The summed E-state index contributed by atoms with van der Waals surface area (Å²) in [6.45, 7) is 2.16. The molecule has 0 spiro atoms. The summed E-state index contributed by atoms with van der Waals surface area (Å²) < 4.78 is 0. The van der Waals surface area contributed by atoms with Crippen molar-refractivity contribution in [2.24, 2.45) is 0 Å². The van der Waals surface area contributed by atoms with Crippen molar-refractivity contribution in [3.8, 4) is 5.75 Å². The van der Waals surface area contributed by atoms with E-state index in [1.807, 2.05) is 37.3 Å². The Morgan fingerprint density at radius 3 is 2.50 bits per heavy atom. The van der Waals surface area contributed by atoms with Crippen LogP contribution in [0.3, 0.4) is 0 Å². The lowest BCUT2D eigenvalue weighted by atomic mass is 9.92. The predicted octanol–water partition coefficient (Wildman–Crippen LogP) is 3.02. The lowest BCUT2D eigenvalue weighted by molar-refractivity contribution is 0.264. The third kappa shape index (κ3) is 3.11. The SMILES string of the molecule is Cc1cccc(C(CO)Cc2cccc(O)c2)c1. The van der Waals surface area contributed by atoms with Crippen LogP contribution in [0.2, 0.25) is 0 Å². The smallest absolute Gasteiger partial charge is 0.115 e. The van der Waals surface area contributed by atoms with Gasteiger partial charge in [-0.1, -0.05) is 42.0 Å². The number of aryl methyl sites for hydroxylation is 1. The Labute approximate surface area is 108 Å². The fraction of sp³-hybridized carbons (Fsp3) is 0.250. The highest BCUT2D eigenvalue weighted by Crippen LogP contribution is 2.23. The van der Waals surface area contributed by atoms with E-state index in [1.165, 1.54) is 5.56 Å². The van der Waals surface area contributed by atoms with E-state index >= 15 is 0 Å². The molecule has 2 rings (SSSR count). The number of phenols is 1. The summed E-state index contributed by atoms with van der Waals surface area (Å²) in [5.41, 5.74) is 3.37. The van der Waals surface area contributed by atoms with Crippen molar-refractivity contribution in [3.63, 3.8) is 0 Å². The highest BCUT2D eigenvalue weighted by atomic mass is 16.3. The monoisotopic (exact) mass is 242 g/mol. The number of hydrogen-bond acceptors (Lipinski definition) is 2. The minimum Gasteiger partial charge on any atom is -0.508 e. The molecule has 1 unspecified atom stereocenters. The summed E-state index contributed by atoms with van der Waals surface area (Å²) in [5, 5.41) is 19.0. The van der Waals surface area contributed by atoms with Crippen molar-refractivity contribution >= 4 is 0 Å². The number of benzene rings is 2. The average Bonchev–Trinajstić information content (AvgIpc) is 2.36. The first-order chi connectivity index (χ1) is 8.69. The lowest BCUT2D eigenvalue weighted by Gasteiger charge is -2.15. The maximum Gasteiger partial charge on any atom is 0.115 e. The molecular formula is C16H18O2. The largest absolute Gasteiger partial charge is 0.508 e. The van der Waals surface area contributed by atoms with E-state index in [0.717, 1.165) is 17.5 Å². The predicted molar refractivity (Wildman–Crippen MR) is 72.8 cm³/mol. The van der Waals surface area contributed by atoms with E-state index in [0.29, 0.717) is 0 Å². The van der Waals surface area contributed by atoms with Crippen LogP contribution in [-0.2, 0) is 6.42 Å². The maximum absolute atomic E-state index is 9.54. The van der Waals surface area contributed by atoms with Crippen molar-refractivity contribution in [2.75, 3.05) is 6.61 Å². The number of rotatable bonds is 4. The van der Waals surface area contributed by atoms with Crippen LogP contribution in [0.15, 0.2) is 48.5 Å². The molecule has 1 atom stereocenters. The zero-order chi connectivity index (χ0) is 13.0. The van der Waals surface area contributed by atoms with Crippen LogP contribution < -0.4 is 0 Å². The lowest BCUT2D eigenvalue weighted by Crippen LogP contribution is -2.07. The zero-order valence-corrected chi connectivity index (χ0v) is 10.5. The number of phenolic OH excluding ortho intramolecular Hbond substituents is 1. The highest BCUT2D eigenvalue weighted by Gasteiger charge is 2.11. The van der Waals surface area contributed by atoms with E-state index in [9.17, 15) is 10.2 Å². The first kappa shape index (κ1) is 12.7. The second-order valence-corrected chi connectivity index (χ2v) is 4.67. The van der Waals surface area contributed by atoms with Crippen molar-refractivity contribution < 1.29 is 10.2 Å². The highest BCUT2D eigenvalue weighted by molar-refractivity contribution is 5.31. The molecule has 0 radical (unpaired) electrons. The maximum atomic E-state index is 9.54. The van der Waals surface area contributed by atoms with Crippen molar-refractivity contribution in [1.29, 1.82) is 0 Å². The fourth-order valence-corrected chi connectivity index (χ4v) is 2.18. The molecule has 0 amide bonds. The van der Waals surface area contributed by atoms with E-state index in [2.05, 4.69) is 6.07 Å². The number of aliphatic hydroxyl groups is 1. The molecule has 0 fully saturated rings. The Balaban J connectivity index is 2.19. The standard InChI is InChI=1S/C16H18O2/c1-12-4-2-6-14(8-12)15(11-17)9-13-5-3-7-16(18)10-13/h2-8,10,15,17-18H,9,11H2,1H3. The van der Waals surface area contributed by atoms with Crippen molar-refractivity contribution in [1.82, 2.24) is 0 Å². The molecule has 0 aromatic heterocycles. The Hall–Kier alpha value is -1.80. The van der Waals surface area contributed by atoms with Crippen LogP contribution in [0.5, 0.6) is 5.75 Å². The van der Waals surface area contributed by atoms with Crippen LogP contribution in [0.25, 0.3) is 0 Å². The van der Waals surface area contributed by atoms with Gasteiger partial charge in [0.1, 0.15) is 5.75 Å². The summed E-state index contributed by atoms with van der Waals surface area (Å²) in [5.74, 6) is 0.347. The molecular weight excluding hydrogens is 224 g/mol. The molecule has 0 bridgehead atoms. The van der Waals surface area contributed by atoms with Gasteiger partial charge in [0.25, 0.3) is 0 Å². The molecule has 2 heteroatoms. The first-order valence-electron chi connectivity index (χ1n) is 6.14. The minimum absolute atomic E-state index is 0.0756. The number of hydrogen-bond donors (Lipinski definition) is 2. The number of aliphatic hydroxyl groups excluding tert-OH is 1. The molecule has 2 aromatic carbocycles. The molecule has 0 heterocycles. The first-order valence-corrected chi connectivity index (χ1v) is 6.14. The van der Waals surface area contributed by atoms with Gasteiger partial charge in [-0.15, -0.1) is 0 Å². The van der Waals surface area contributed by atoms with Crippen molar-refractivity contribution in [3.05, 3.63) is 65.2 Å². The molecule has 0 aliphatic carbocycles. The topological polar surface area (TPSA) is 40.5 Å². The van der Waals surface area contributed by atoms with Gasteiger partial charge in [-0.3, -0.25) is 0 Å². The average molecular weight is 242 g/mol. The Morgan fingerprint density at radius 1 is 1.06 bits per heavy atom. The summed E-state index contributed by atoms with van der Waals surface area (Å²) in [6, 6.07) is 15.4. The second kappa shape index (κ2) is 5.69. The molecule has 0 saturated carbocycles. The van der Waals surface area contributed by atoms with Crippen LogP contribution in [0, 0.1) is 6.92 Å². The quantitative estimate of drug-likeness (QED) is 0.865. The van der Waals surface area contributed by atoms with Gasteiger partial charge in [-0.05, 0) is 36.6 Å². The molecule has 0 aliphatic rings. The Morgan fingerprint density at radius 2 is 1.83 bits per heavy atom. The van der Waals surface area contributed by atoms with Crippen LogP contribution in [0.1, 0.15) is 22.6 Å². The third-order valence-electron chi connectivity index (χ3n) is 3.13. The van der Waals surface area contributed by atoms with Crippen molar-refractivity contribution in [2.45, 2.75) is 19.3 Å². The summed E-state index contributed by atoms with van der Waals surface area (Å²) in [7, 11) is 0. The van der Waals surface area contributed by atoms with E-state index in [1.54, 1.807) is 12.1 Å². The molecule has 2 N–H and O–H groups in total. The van der Waals surface area contributed by atoms with Gasteiger partial charge in [-0.2, -0.15) is 0 Å². The van der Waals surface area contributed by atoms with Crippen LogP contribution in [-0.4, -0.2) is 16.8 Å². The number of aromatic hydroxyl groups is 1. The third-order valence-corrected chi connectivity index (χ3v) is 3.13. The van der Waals surface area contributed by atoms with E-state index < -0.39 is 0 Å². The molecule has 18 heavy (non-hydrogen) atoms. The van der Waals surface area contributed by atoms with Crippen LogP contribution >= 0.6 is 0 Å². The summed E-state index contributed by atoms with van der Waals surface area (Å²) in [4.78, 5) is 0. The summed E-state index contributed by atoms with van der Waals surface area (Å²) >= 11 is 0. The van der Waals surface area contributed by atoms with Gasteiger partial charge in [0.05, 0.1) is 6.61 Å². The molecule has 2 aromatic rings. The van der Waals surface area contributed by atoms with Gasteiger partial charge in [0, 0.05) is 5.92 Å². The second-order valence-electron chi connectivity index (χ2n) is 4.67. The Bertz CT molecular complexity index is 520. The van der Waals surface area contributed by atoms with Gasteiger partial charge >= 0.3 is 0 Å². The van der Waals surface area contributed by atoms with Gasteiger partial charge in [-0.25, -0.2) is 0 Å². The fourth-order valence-electron chi connectivity index (χ4n) is 2.18. The minimum atomic E-state index is 0.0756. The van der Waals surface area contributed by atoms with Gasteiger partial charge in [0.15, 0.2) is 0 Å². The van der Waals surface area contributed by atoms with E-state index in [4.69, 9.17) is 0 Å². The zero-order valence-electron chi connectivity index (χ0n) is 10.5. The molecule has 2 nitrogen and oxygen atoms in total. The Kier molecular flexibility index (Phi) is 4.00. The van der Waals surface area contributed by atoms with Gasteiger partial charge < -0.3 is 10.2 Å². The molecule has 0 saturated heterocycles. The molecule has 94 valence electrons.